The van der Waals surface area contributed by atoms with Gasteiger partial charge in [-0.2, -0.15) is 5.10 Å². The number of amides is 1. The van der Waals surface area contributed by atoms with Gasteiger partial charge in [-0.25, -0.2) is 17.5 Å². The van der Waals surface area contributed by atoms with Crippen molar-refractivity contribution in [3.8, 4) is 5.69 Å². The number of rotatable bonds is 3. The smallest absolute Gasteiger partial charge is 0.226 e. The van der Waals surface area contributed by atoms with Crippen LogP contribution in [0.3, 0.4) is 0 Å². The van der Waals surface area contributed by atoms with E-state index < -0.39 is 9.84 Å². The van der Waals surface area contributed by atoms with E-state index in [1.54, 1.807) is 0 Å². The predicted octanol–water partition coefficient (Wildman–Crippen LogP) is 2.81. The summed E-state index contributed by atoms with van der Waals surface area (Å²) in [6, 6.07) is 5.65. The molecule has 134 valence electrons. The third-order valence-electron chi connectivity index (χ3n) is 3.81. The Bertz CT molecular complexity index is 925. The minimum atomic E-state index is -3.25. The summed E-state index contributed by atoms with van der Waals surface area (Å²) in [6.45, 7) is 5.83. The Labute approximate surface area is 146 Å². The molecule has 3 rings (SSSR count). The zero-order valence-electron chi connectivity index (χ0n) is 14.3. The Morgan fingerprint density at radius 3 is 2.48 bits per heavy atom. The molecule has 1 N–H and O–H groups in total. The second-order valence-electron chi connectivity index (χ2n) is 7.48. The van der Waals surface area contributed by atoms with Gasteiger partial charge >= 0.3 is 0 Å². The molecular formula is C17H20FN3O3S. The Morgan fingerprint density at radius 1 is 1.24 bits per heavy atom. The van der Waals surface area contributed by atoms with Crippen molar-refractivity contribution in [1.29, 1.82) is 0 Å². The molecule has 0 saturated heterocycles. The Balaban J connectivity index is 2.02. The lowest BCUT2D eigenvalue weighted by molar-refractivity contribution is -0.117. The molecule has 0 saturated carbocycles. The number of fused-ring (bicyclic) bond motifs is 1. The highest BCUT2D eigenvalue weighted by atomic mass is 32.2. The lowest BCUT2D eigenvalue weighted by Gasteiger charge is -2.18. The molecule has 1 amide bonds. The Hall–Kier alpha value is -2.22. The van der Waals surface area contributed by atoms with Gasteiger partial charge in [0.15, 0.2) is 9.84 Å². The summed E-state index contributed by atoms with van der Waals surface area (Å²) < 4.78 is 38.4. The lowest BCUT2D eigenvalue weighted by Crippen LogP contribution is -2.22. The number of aromatic nitrogens is 2. The number of anilines is 1. The number of sulfone groups is 1. The van der Waals surface area contributed by atoms with Gasteiger partial charge in [-0.05, 0) is 29.7 Å². The van der Waals surface area contributed by atoms with Crippen LogP contribution in [-0.2, 0) is 26.1 Å². The quantitative estimate of drug-likeness (QED) is 0.907. The van der Waals surface area contributed by atoms with Gasteiger partial charge in [0.2, 0.25) is 5.91 Å². The molecule has 1 aromatic heterocycles. The zero-order chi connectivity index (χ0) is 18.4. The SMILES string of the molecule is CC(C)(C)CC(=O)Nc1c2c(nn1-c1ccc(F)cc1)CS(=O)(=O)C2. The van der Waals surface area contributed by atoms with E-state index in [4.69, 9.17) is 0 Å². The normalized spacial score (nSPS) is 15.8. The molecule has 2 aromatic rings. The van der Waals surface area contributed by atoms with Crippen molar-refractivity contribution in [3.63, 3.8) is 0 Å². The third kappa shape index (κ3) is 3.89. The summed E-state index contributed by atoms with van der Waals surface area (Å²) in [7, 11) is -3.25. The van der Waals surface area contributed by atoms with Gasteiger partial charge in [0, 0.05) is 12.0 Å². The number of hydrogen-bond acceptors (Lipinski definition) is 4. The molecule has 0 spiro atoms. The largest absolute Gasteiger partial charge is 0.310 e. The van der Waals surface area contributed by atoms with Crippen molar-refractivity contribution in [2.75, 3.05) is 5.32 Å². The van der Waals surface area contributed by atoms with E-state index in [9.17, 15) is 17.6 Å². The first kappa shape index (κ1) is 17.6. The predicted molar refractivity (Wildman–Crippen MR) is 92.6 cm³/mol. The van der Waals surface area contributed by atoms with Crippen molar-refractivity contribution < 1.29 is 17.6 Å². The van der Waals surface area contributed by atoms with Crippen LogP contribution in [0, 0.1) is 11.2 Å². The van der Waals surface area contributed by atoms with Gasteiger partial charge in [-0.3, -0.25) is 4.79 Å². The van der Waals surface area contributed by atoms with Crippen LogP contribution in [0.4, 0.5) is 10.2 Å². The van der Waals surface area contributed by atoms with Crippen LogP contribution in [0.25, 0.3) is 5.69 Å². The minimum absolute atomic E-state index is 0.154. The zero-order valence-corrected chi connectivity index (χ0v) is 15.2. The number of carbonyl (C=O) groups is 1. The van der Waals surface area contributed by atoms with E-state index in [-0.39, 0.29) is 35.1 Å². The van der Waals surface area contributed by atoms with Gasteiger partial charge in [0.05, 0.1) is 22.9 Å². The topological polar surface area (TPSA) is 81.1 Å². The van der Waals surface area contributed by atoms with Crippen molar-refractivity contribution in [2.24, 2.45) is 5.41 Å². The van der Waals surface area contributed by atoms with Gasteiger partial charge in [0.1, 0.15) is 11.6 Å². The summed E-state index contributed by atoms with van der Waals surface area (Å²) in [6.07, 6.45) is 0.281. The van der Waals surface area contributed by atoms with Crippen molar-refractivity contribution in [3.05, 3.63) is 41.3 Å². The molecule has 0 bridgehead atoms. The van der Waals surface area contributed by atoms with Crippen LogP contribution in [-0.4, -0.2) is 24.1 Å². The summed E-state index contributed by atoms with van der Waals surface area (Å²) in [5, 5.41) is 7.14. The Morgan fingerprint density at radius 2 is 1.88 bits per heavy atom. The van der Waals surface area contributed by atoms with E-state index in [1.807, 2.05) is 20.8 Å². The maximum absolute atomic E-state index is 13.2. The van der Waals surface area contributed by atoms with Crippen molar-refractivity contribution >= 4 is 21.6 Å². The highest BCUT2D eigenvalue weighted by molar-refractivity contribution is 7.90. The van der Waals surface area contributed by atoms with E-state index in [2.05, 4.69) is 10.4 Å². The maximum Gasteiger partial charge on any atom is 0.226 e. The van der Waals surface area contributed by atoms with Crippen LogP contribution in [0.1, 0.15) is 38.4 Å². The van der Waals surface area contributed by atoms with E-state index >= 15 is 0 Å². The number of carbonyl (C=O) groups excluding carboxylic acids is 1. The average molecular weight is 365 g/mol. The van der Waals surface area contributed by atoms with Crippen LogP contribution in [0.15, 0.2) is 24.3 Å². The molecule has 0 aliphatic carbocycles. The van der Waals surface area contributed by atoms with E-state index in [1.165, 1.54) is 28.9 Å². The van der Waals surface area contributed by atoms with Crippen LogP contribution in [0.2, 0.25) is 0 Å². The first-order valence-electron chi connectivity index (χ1n) is 7.91. The monoisotopic (exact) mass is 365 g/mol. The molecule has 0 radical (unpaired) electrons. The first-order chi connectivity index (χ1) is 11.5. The molecule has 0 unspecified atom stereocenters. The molecule has 6 nitrogen and oxygen atoms in total. The third-order valence-corrected chi connectivity index (χ3v) is 5.25. The van der Waals surface area contributed by atoms with E-state index in [0.29, 0.717) is 22.8 Å². The molecule has 0 fully saturated rings. The molecular weight excluding hydrogens is 345 g/mol. The Kier molecular flexibility index (Phi) is 4.18. The molecule has 2 heterocycles. The number of halogens is 1. The van der Waals surface area contributed by atoms with Gasteiger partial charge in [-0.1, -0.05) is 20.8 Å². The molecule has 25 heavy (non-hydrogen) atoms. The van der Waals surface area contributed by atoms with Gasteiger partial charge < -0.3 is 5.32 Å². The number of nitrogens with zero attached hydrogens (tertiary/aromatic N) is 2. The minimum Gasteiger partial charge on any atom is -0.310 e. The van der Waals surface area contributed by atoms with Crippen LogP contribution < -0.4 is 5.32 Å². The number of benzene rings is 1. The second-order valence-corrected chi connectivity index (χ2v) is 9.54. The molecule has 0 atom stereocenters. The molecule has 1 aromatic carbocycles. The number of nitrogens with one attached hydrogen (secondary N) is 1. The van der Waals surface area contributed by atoms with Gasteiger partial charge in [-0.15, -0.1) is 0 Å². The molecule has 1 aliphatic heterocycles. The summed E-state index contributed by atoms with van der Waals surface area (Å²) in [5.41, 5.74) is 1.28. The highest BCUT2D eigenvalue weighted by Crippen LogP contribution is 2.33. The van der Waals surface area contributed by atoms with Crippen molar-refractivity contribution in [2.45, 2.75) is 38.7 Å². The summed E-state index contributed by atoms with van der Waals surface area (Å²) in [4.78, 5) is 12.4. The van der Waals surface area contributed by atoms with E-state index in [0.717, 1.165) is 0 Å². The first-order valence-corrected chi connectivity index (χ1v) is 9.73. The highest BCUT2D eigenvalue weighted by Gasteiger charge is 2.33. The maximum atomic E-state index is 13.2. The lowest BCUT2D eigenvalue weighted by atomic mass is 9.92. The van der Waals surface area contributed by atoms with Crippen LogP contribution >= 0.6 is 0 Å². The fourth-order valence-electron chi connectivity index (χ4n) is 2.80. The molecule has 8 heteroatoms. The number of hydrogen-bond donors (Lipinski definition) is 1. The standard InChI is InChI=1S/C17H20FN3O3S/c1-17(2,3)8-15(22)19-16-13-9-25(23,24)10-14(13)20-21(16)12-6-4-11(18)5-7-12/h4-7H,8-10H2,1-3H3,(H,19,22). The van der Waals surface area contributed by atoms with Gasteiger partial charge in [0.25, 0.3) is 0 Å². The molecule has 1 aliphatic rings. The fraction of sp³-hybridized carbons (Fsp3) is 0.412. The summed E-state index contributed by atoms with van der Waals surface area (Å²) >= 11 is 0. The average Bonchev–Trinajstić information content (AvgIpc) is 2.91. The van der Waals surface area contributed by atoms with Crippen LogP contribution in [0.5, 0.6) is 0 Å². The fourth-order valence-corrected chi connectivity index (χ4v) is 4.29. The summed E-state index contributed by atoms with van der Waals surface area (Å²) in [5.74, 6) is -0.572. The van der Waals surface area contributed by atoms with Crippen molar-refractivity contribution in [1.82, 2.24) is 9.78 Å². The second kappa shape index (κ2) is 5.94.